The van der Waals surface area contributed by atoms with E-state index in [0.717, 1.165) is 31.2 Å². The fourth-order valence-corrected chi connectivity index (χ4v) is 2.82. The first-order valence-electron chi connectivity index (χ1n) is 7.30. The number of halogens is 1. The minimum atomic E-state index is -0.419. The third kappa shape index (κ3) is 4.04. The lowest BCUT2D eigenvalue weighted by Crippen LogP contribution is -2.52. The van der Waals surface area contributed by atoms with Crippen LogP contribution in [0.3, 0.4) is 0 Å². The quantitative estimate of drug-likeness (QED) is 0.870. The topological polar surface area (TPSA) is 49.3 Å². The molecule has 0 saturated heterocycles. The van der Waals surface area contributed by atoms with E-state index < -0.39 is 5.54 Å². The van der Waals surface area contributed by atoms with Gasteiger partial charge >= 0.3 is 0 Å². The van der Waals surface area contributed by atoms with E-state index in [4.69, 9.17) is 0 Å². The Morgan fingerprint density at radius 2 is 1.85 bits per heavy atom. The van der Waals surface area contributed by atoms with Crippen LogP contribution in [-0.2, 0) is 11.2 Å². The zero-order valence-electron chi connectivity index (χ0n) is 11.7. The molecule has 2 rings (SSSR count). The van der Waals surface area contributed by atoms with Gasteiger partial charge in [0.25, 0.3) is 0 Å². The van der Waals surface area contributed by atoms with Gasteiger partial charge in [0.05, 0.1) is 12.1 Å². The van der Waals surface area contributed by atoms with Gasteiger partial charge in [0.2, 0.25) is 5.91 Å². The lowest BCUT2D eigenvalue weighted by atomic mass is 9.82. The van der Waals surface area contributed by atoms with Crippen LogP contribution in [0, 0.1) is 5.82 Å². The molecule has 1 aromatic carbocycles. The number of carbonyl (C=O) groups is 1. The zero-order valence-corrected chi connectivity index (χ0v) is 11.7. The molecule has 1 saturated carbocycles. The van der Waals surface area contributed by atoms with Crippen LogP contribution in [0.5, 0.6) is 0 Å². The van der Waals surface area contributed by atoms with Crippen LogP contribution in [0.25, 0.3) is 0 Å². The van der Waals surface area contributed by atoms with Crippen LogP contribution in [-0.4, -0.2) is 23.2 Å². The third-order valence-corrected chi connectivity index (χ3v) is 4.07. The van der Waals surface area contributed by atoms with Gasteiger partial charge in [0.1, 0.15) is 5.82 Å². The maximum absolute atomic E-state index is 12.8. The molecule has 2 N–H and O–H groups in total. The standard InChI is InChI=1S/C16H22FNO2/c17-14-7-4-13(5-8-14)6-9-15(20)18-16(12-19)10-2-1-3-11-16/h4-5,7-8,19H,1-3,6,9-12H2,(H,18,20). The molecular formula is C16H22FNO2. The highest BCUT2D eigenvalue weighted by Gasteiger charge is 2.32. The van der Waals surface area contributed by atoms with Gasteiger partial charge in [0, 0.05) is 6.42 Å². The number of hydrogen-bond acceptors (Lipinski definition) is 2. The van der Waals surface area contributed by atoms with E-state index in [9.17, 15) is 14.3 Å². The largest absolute Gasteiger partial charge is 0.394 e. The van der Waals surface area contributed by atoms with E-state index in [1.165, 1.54) is 18.6 Å². The fourth-order valence-electron chi connectivity index (χ4n) is 2.82. The molecule has 0 bridgehead atoms. The highest BCUT2D eigenvalue weighted by Crippen LogP contribution is 2.27. The molecule has 0 heterocycles. The summed E-state index contributed by atoms with van der Waals surface area (Å²) >= 11 is 0. The van der Waals surface area contributed by atoms with Crippen LogP contribution in [0.4, 0.5) is 4.39 Å². The lowest BCUT2D eigenvalue weighted by molar-refractivity contribution is -0.124. The van der Waals surface area contributed by atoms with E-state index in [2.05, 4.69) is 5.32 Å². The average molecular weight is 279 g/mol. The molecule has 0 unspecified atom stereocenters. The monoisotopic (exact) mass is 279 g/mol. The SMILES string of the molecule is O=C(CCc1ccc(F)cc1)NC1(CO)CCCCC1. The highest BCUT2D eigenvalue weighted by molar-refractivity contribution is 5.77. The minimum absolute atomic E-state index is 0.00921. The Kier molecular flexibility index (Phi) is 5.12. The van der Waals surface area contributed by atoms with E-state index >= 15 is 0 Å². The van der Waals surface area contributed by atoms with Gasteiger partial charge in [-0.25, -0.2) is 4.39 Å². The van der Waals surface area contributed by atoms with E-state index in [0.29, 0.717) is 12.8 Å². The summed E-state index contributed by atoms with van der Waals surface area (Å²) in [6.07, 6.45) is 5.95. The Bertz CT molecular complexity index is 438. The number of carbonyl (C=O) groups excluding carboxylic acids is 1. The summed E-state index contributed by atoms with van der Waals surface area (Å²) in [6, 6.07) is 6.21. The predicted molar refractivity (Wildman–Crippen MR) is 75.8 cm³/mol. The molecule has 4 heteroatoms. The van der Waals surface area contributed by atoms with Gasteiger partial charge in [-0.2, -0.15) is 0 Å². The summed E-state index contributed by atoms with van der Waals surface area (Å²) in [4.78, 5) is 12.0. The van der Waals surface area contributed by atoms with Gasteiger partial charge in [-0.05, 0) is 37.0 Å². The summed E-state index contributed by atoms with van der Waals surface area (Å²) < 4.78 is 12.8. The summed E-state index contributed by atoms with van der Waals surface area (Å²) in [7, 11) is 0. The smallest absolute Gasteiger partial charge is 0.220 e. The van der Waals surface area contributed by atoms with Crippen LogP contribution >= 0.6 is 0 Å². The first-order valence-corrected chi connectivity index (χ1v) is 7.30. The van der Waals surface area contributed by atoms with Crippen molar-refractivity contribution in [2.45, 2.75) is 50.5 Å². The van der Waals surface area contributed by atoms with Gasteiger partial charge in [0.15, 0.2) is 0 Å². The molecule has 1 amide bonds. The van der Waals surface area contributed by atoms with Crippen molar-refractivity contribution in [1.82, 2.24) is 5.32 Å². The maximum Gasteiger partial charge on any atom is 0.220 e. The second-order valence-corrected chi connectivity index (χ2v) is 5.67. The Balaban J connectivity index is 1.83. The number of aliphatic hydroxyl groups excluding tert-OH is 1. The molecule has 0 atom stereocenters. The lowest BCUT2D eigenvalue weighted by Gasteiger charge is -2.36. The molecular weight excluding hydrogens is 257 g/mol. The Hall–Kier alpha value is -1.42. The Morgan fingerprint density at radius 3 is 2.45 bits per heavy atom. The van der Waals surface area contributed by atoms with Crippen molar-refractivity contribution in [3.05, 3.63) is 35.6 Å². The van der Waals surface area contributed by atoms with Crippen molar-refractivity contribution in [2.75, 3.05) is 6.61 Å². The summed E-state index contributed by atoms with van der Waals surface area (Å²) in [5, 5.41) is 12.6. The third-order valence-electron chi connectivity index (χ3n) is 4.07. The van der Waals surface area contributed by atoms with Crippen molar-refractivity contribution < 1.29 is 14.3 Å². The van der Waals surface area contributed by atoms with Crippen LogP contribution in [0.2, 0.25) is 0 Å². The van der Waals surface area contributed by atoms with Gasteiger partial charge in [-0.15, -0.1) is 0 Å². The van der Waals surface area contributed by atoms with Crippen molar-refractivity contribution in [3.63, 3.8) is 0 Å². The molecule has 1 aliphatic rings. The normalized spacial score (nSPS) is 17.7. The first-order chi connectivity index (χ1) is 9.63. The summed E-state index contributed by atoms with van der Waals surface area (Å²) in [5.41, 5.74) is 0.529. The number of aryl methyl sites for hydroxylation is 1. The van der Waals surface area contributed by atoms with Gasteiger partial charge < -0.3 is 10.4 Å². The maximum atomic E-state index is 12.8. The molecule has 1 fully saturated rings. The van der Waals surface area contributed by atoms with Crippen molar-refractivity contribution in [2.24, 2.45) is 0 Å². The number of nitrogens with one attached hydrogen (secondary N) is 1. The molecule has 3 nitrogen and oxygen atoms in total. The predicted octanol–water partition coefficient (Wildman–Crippen LogP) is 2.57. The zero-order chi connectivity index (χ0) is 14.4. The highest BCUT2D eigenvalue weighted by atomic mass is 19.1. The minimum Gasteiger partial charge on any atom is -0.394 e. The molecule has 1 aliphatic carbocycles. The number of aliphatic hydroxyl groups is 1. The Morgan fingerprint density at radius 1 is 1.20 bits per heavy atom. The van der Waals surface area contributed by atoms with Crippen molar-refractivity contribution in [3.8, 4) is 0 Å². The number of benzene rings is 1. The van der Waals surface area contributed by atoms with Crippen molar-refractivity contribution >= 4 is 5.91 Å². The molecule has 0 aliphatic heterocycles. The summed E-state index contributed by atoms with van der Waals surface area (Å²) in [6.45, 7) is 0.00921. The van der Waals surface area contributed by atoms with Crippen LogP contribution < -0.4 is 5.32 Å². The number of hydrogen-bond donors (Lipinski definition) is 2. The molecule has 110 valence electrons. The first kappa shape index (κ1) is 15.0. The molecule has 20 heavy (non-hydrogen) atoms. The fraction of sp³-hybridized carbons (Fsp3) is 0.562. The summed E-state index contributed by atoms with van der Waals surface area (Å²) in [5.74, 6) is -0.301. The second-order valence-electron chi connectivity index (χ2n) is 5.67. The van der Waals surface area contributed by atoms with E-state index in [1.54, 1.807) is 12.1 Å². The molecule has 0 aromatic heterocycles. The average Bonchev–Trinajstić information content (AvgIpc) is 2.47. The van der Waals surface area contributed by atoms with Crippen LogP contribution in [0.15, 0.2) is 24.3 Å². The number of rotatable bonds is 5. The molecule has 0 spiro atoms. The van der Waals surface area contributed by atoms with Crippen molar-refractivity contribution in [1.29, 1.82) is 0 Å². The van der Waals surface area contributed by atoms with Gasteiger partial charge in [-0.3, -0.25) is 4.79 Å². The second kappa shape index (κ2) is 6.84. The number of amides is 1. The van der Waals surface area contributed by atoms with Gasteiger partial charge in [-0.1, -0.05) is 31.4 Å². The molecule has 1 aromatic rings. The van der Waals surface area contributed by atoms with E-state index in [1.807, 2.05) is 0 Å². The van der Waals surface area contributed by atoms with E-state index in [-0.39, 0.29) is 18.3 Å². The van der Waals surface area contributed by atoms with Crippen LogP contribution in [0.1, 0.15) is 44.1 Å². The molecule has 0 radical (unpaired) electrons. The Labute approximate surface area is 119 Å².